The number of carbonyl (C=O) groups is 1. The van der Waals surface area contributed by atoms with Gasteiger partial charge in [-0.2, -0.15) is 0 Å². The number of unbranched alkanes of at least 4 members (excludes halogenated alkanes) is 2. The van der Waals surface area contributed by atoms with Gasteiger partial charge >= 0.3 is 0 Å². The predicted octanol–water partition coefficient (Wildman–Crippen LogP) is 4.06. The molecule has 0 aliphatic rings. The minimum Gasteiger partial charge on any atom is -0.303 e. The van der Waals surface area contributed by atoms with E-state index in [1.807, 2.05) is 0 Å². The highest BCUT2D eigenvalue weighted by molar-refractivity contribution is 5.48. The Hall–Kier alpha value is -1.93. The second kappa shape index (κ2) is 9.09. The molecule has 0 spiro atoms. The van der Waals surface area contributed by atoms with Crippen LogP contribution in [-0.4, -0.2) is 17.7 Å². The van der Waals surface area contributed by atoms with Crippen molar-refractivity contribution >= 4 is 6.29 Å². The van der Waals surface area contributed by atoms with Crippen LogP contribution in [0.1, 0.15) is 30.4 Å². The van der Waals surface area contributed by atoms with E-state index in [1.165, 1.54) is 11.1 Å². The Morgan fingerprint density at radius 2 is 1.29 bits per heavy atom. The Labute approximate surface area is 127 Å². The van der Waals surface area contributed by atoms with Gasteiger partial charge in [-0.05, 0) is 30.5 Å². The molecule has 0 unspecified atom stereocenters. The molecular formula is C19H23NO. The van der Waals surface area contributed by atoms with E-state index in [-0.39, 0.29) is 0 Å². The van der Waals surface area contributed by atoms with Gasteiger partial charge in [-0.1, -0.05) is 60.7 Å². The Morgan fingerprint density at radius 1 is 0.762 bits per heavy atom. The molecule has 0 fully saturated rings. The zero-order chi connectivity index (χ0) is 14.8. The van der Waals surface area contributed by atoms with E-state index in [2.05, 4.69) is 65.6 Å². The molecule has 2 rings (SSSR count). The molecular weight excluding hydrogens is 258 g/mol. The molecule has 110 valence electrons. The van der Waals surface area contributed by atoms with E-state index in [0.29, 0.717) is 6.42 Å². The number of carbonyl (C=O) groups excluding carboxylic acids is 1. The minimum atomic E-state index is 0.671. The molecule has 0 amide bonds. The van der Waals surface area contributed by atoms with Crippen molar-refractivity contribution in [2.45, 2.75) is 32.4 Å². The molecule has 0 aromatic heterocycles. The van der Waals surface area contributed by atoms with Crippen molar-refractivity contribution in [3.63, 3.8) is 0 Å². The van der Waals surface area contributed by atoms with Gasteiger partial charge in [0.2, 0.25) is 0 Å². The quantitative estimate of drug-likeness (QED) is 0.510. The molecule has 2 heteroatoms. The van der Waals surface area contributed by atoms with Crippen LogP contribution in [0.3, 0.4) is 0 Å². The summed E-state index contributed by atoms with van der Waals surface area (Å²) in [5.74, 6) is 0. The molecule has 0 saturated carbocycles. The van der Waals surface area contributed by atoms with Crippen LogP contribution in [0.25, 0.3) is 0 Å². The van der Waals surface area contributed by atoms with Gasteiger partial charge in [0.1, 0.15) is 6.29 Å². The van der Waals surface area contributed by atoms with Crippen LogP contribution in [0.4, 0.5) is 0 Å². The van der Waals surface area contributed by atoms with E-state index in [1.54, 1.807) is 0 Å². The first kappa shape index (κ1) is 15.5. The van der Waals surface area contributed by atoms with Crippen LogP contribution in [0.5, 0.6) is 0 Å². The van der Waals surface area contributed by atoms with Crippen LogP contribution in [0.15, 0.2) is 60.7 Å². The van der Waals surface area contributed by atoms with Crippen molar-refractivity contribution < 1.29 is 4.79 Å². The lowest BCUT2D eigenvalue weighted by Gasteiger charge is -2.22. The molecule has 0 aliphatic heterocycles. The number of hydrogen-bond donors (Lipinski definition) is 0. The van der Waals surface area contributed by atoms with Crippen molar-refractivity contribution in [1.29, 1.82) is 0 Å². The topological polar surface area (TPSA) is 20.3 Å². The van der Waals surface area contributed by atoms with Crippen molar-refractivity contribution in [2.75, 3.05) is 6.54 Å². The molecule has 21 heavy (non-hydrogen) atoms. The number of hydrogen-bond acceptors (Lipinski definition) is 2. The summed E-state index contributed by atoms with van der Waals surface area (Å²) < 4.78 is 0. The van der Waals surface area contributed by atoms with Gasteiger partial charge in [0, 0.05) is 19.5 Å². The summed E-state index contributed by atoms with van der Waals surface area (Å²) in [5, 5.41) is 0. The fourth-order valence-electron chi connectivity index (χ4n) is 2.46. The third kappa shape index (κ3) is 5.92. The number of benzene rings is 2. The highest BCUT2D eigenvalue weighted by Gasteiger charge is 2.06. The fraction of sp³-hybridized carbons (Fsp3) is 0.316. The van der Waals surface area contributed by atoms with Crippen LogP contribution < -0.4 is 0 Å². The van der Waals surface area contributed by atoms with E-state index in [9.17, 15) is 4.79 Å². The lowest BCUT2D eigenvalue weighted by Crippen LogP contribution is -2.24. The molecule has 2 aromatic rings. The van der Waals surface area contributed by atoms with E-state index in [4.69, 9.17) is 0 Å². The largest absolute Gasteiger partial charge is 0.303 e. The van der Waals surface area contributed by atoms with Crippen molar-refractivity contribution in [2.24, 2.45) is 0 Å². The molecule has 0 atom stereocenters. The Morgan fingerprint density at radius 3 is 1.76 bits per heavy atom. The van der Waals surface area contributed by atoms with Crippen LogP contribution >= 0.6 is 0 Å². The highest BCUT2D eigenvalue weighted by atomic mass is 16.1. The van der Waals surface area contributed by atoms with Crippen molar-refractivity contribution in [3.05, 3.63) is 71.8 Å². The van der Waals surface area contributed by atoms with Crippen LogP contribution in [-0.2, 0) is 17.9 Å². The summed E-state index contributed by atoms with van der Waals surface area (Å²) >= 11 is 0. The van der Waals surface area contributed by atoms with E-state index < -0.39 is 0 Å². The maximum atomic E-state index is 10.4. The lowest BCUT2D eigenvalue weighted by molar-refractivity contribution is -0.107. The summed E-state index contributed by atoms with van der Waals surface area (Å²) in [5.41, 5.74) is 2.67. The number of nitrogens with zero attached hydrogens (tertiary/aromatic N) is 1. The SMILES string of the molecule is O=CCCCCN(Cc1ccccc1)Cc1ccccc1. The van der Waals surface area contributed by atoms with Gasteiger partial charge < -0.3 is 4.79 Å². The summed E-state index contributed by atoms with van der Waals surface area (Å²) in [6, 6.07) is 21.1. The average Bonchev–Trinajstić information content (AvgIpc) is 2.53. The number of rotatable bonds is 9. The van der Waals surface area contributed by atoms with Crippen molar-refractivity contribution in [3.8, 4) is 0 Å². The molecule has 0 saturated heterocycles. The first-order valence-corrected chi connectivity index (χ1v) is 7.62. The zero-order valence-electron chi connectivity index (χ0n) is 12.4. The molecule has 0 N–H and O–H groups in total. The summed E-state index contributed by atoms with van der Waals surface area (Å²) in [6.45, 7) is 2.94. The van der Waals surface area contributed by atoms with Gasteiger partial charge in [-0.25, -0.2) is 0 Å². The van der Waals surface area contributed by atoms with Gasteiger partial charge in [0.25, 0.3) is 0 Å². The van der Waals surface area contributed by atoms with E-state index >= 15 is 0 Å². The van der Waals surface area contributed by atoms with Gasteiger partial charge in [-0.15, -0.1) is 0 Å². The average molecular weight is 281 g/mol. The van der Waals surface area contributed by atoms with Crippen LogP contribution in [0.2, 0.25) is 0 Å². The van der Waals surface area contributed by atoms with Crippen molar-refractivity contribution in [1.82, 2.24) is 4.90 Å². The monoisotopic (exact) mass is 281 g/mol. The fourth-order valence-corrected chi connectivity index (χ4v) is 2.46. The molecule has 0 bridgehead atoms. The Bertz CT molecular complexity index is 468. The Balaban J connectivity index is 1.94. The summed E-state index contributed by atoms with van der Waals surface area (Å²) in [6.07, 6.45) is 3.73. The van der Waals surface area contributed by atoms with Gasteiger partial charge in [-0.3, -0.25) is 4.90 Å². The molecule has 2 nitrogen and oxygen atoms in total. The number of aldehydes is 1. The first-order chi connectivity index (χ1) is 10.4. The normalized spacial score (nSPS) is 10.7. The molecule has 0 heterocycles. The van der Waals surface area contributed by atoms with Crippen LogP contribution in [0, 0.1) is 0 Å². The third-order valence-electron chi connectivity index (χ3n) is 3.54. The first-order valence-electron chi connectivity index (χ1n) is 7.62. The second-order valence-corrected chi connectivity index (χ2v) is 5.34. The Kier molecular flexibility index (Phi) is 6.69. The predicted molar refractivity (Wildman–Crippen MR) is 86.9 cm³/mol. The summed E-state index contributed by atoms with van der Waals surface area (Å²) in [4.78, 5) is 12.9. The smallest absolute Gasteiger partial charge is 0.119 e. The molecule has 2 aromatic carbocycles. The van der Waals surface area contributed by atoms with Gasteiger partial charge in [0.15, 0.2) is 0 Å². The zero-order valence-corrected chi connectivity index (χ0v) is 12.4. The second-order valence-electron chi connectivity index (χ2n) is 5.34. The molecule has 0 radical (unpaired) electrons. The minimum absolute atomic E-state index is 0.671. The molecule has 0 aliphatic carbocycles. The maximum absolute atomic E-state index is 10.4. The summed E-state index contributed by atoms with van der Waals surface area (Å²) in [7, 11) is 0. The van der Waals surface area contributed by atoms with Gasteiger partial charge in [0.05, 0.1) is 0 Å². The third-order valence-corrected chi connectivity index (χ3v) is 3.54. The standard InChI is InChI=1S/C19H23NO/c21-15-9-3-8-14-20(16-18-10-4-1-5-11-18)17-19-12-6-2-7-13-19/h1-2,4-7,10-13,15H,3,8-9,14,16-17H2. The van der Waals surface area contributed by atoms with E-state index in [0.717, 1.165) is 38.8 Å². The lowest BCUT2D eigenvalue weighted by atomic mass is 10.1. The highest BCUT2D eigenvalue weighted by Crippen LogP contribution is 2.11. The maximum Gasteiger partial charge on any atom is 0.119 e.